The van der Waals surface area contributed by atoms with Gasteiger partial charge in [0, 0.05) is 31.7 Å². The molecule has 2 aliphatic rings. The van der Waals surface area contributed by atoms with Gasteiger partial charge in [-0.25, -0.2) is 9.97 Å². The number of aromatic nitrogens is 3. The molecule has 2 aliphatic heterocycles. The predicted molar refractivity (Wildman–Crippen MR) is 114 cm³/mol. The van der Waals surface area contributed by atoms with Crippen molar-refractivity contribution in [1.82, 2.24) is 19.9 Å². The molecule has 2 fully saturated rings. The number of carbonyl (C=O) groups excluding carboxylic acids is 1. The number of anilines is 1. The lowest BCUT2D eigenvalue weighted by atomic mass is 9.96. The molecule has 6 nitrogen and oxygen atoms in total. The number of aromatic amines is 1. The fourth-order valence-electron chi connectivity index (χ4n) is 4.58. The van der Waals surface area contributed by atoms with Crippen LogP contribution >= 0.6 is 0 Å². The number of fused-ring (bicyclic) bond motifs is 1. The topological polar surface area (TPSA) is 65.1 Å². The highest BCUT2D eigenvalue weighted by Gasteiger charge is 2.38. The molecule has 1 amide bonds. The molecular formula is C23H25F2N5O. The van der Waals surface area contributed by atoms with E-state index in [1.54, 1.807) is 30.3 Å². The van der Waals surface area contributed by atoms with Crippen LogP contribution < -0.4 is 4.90 Å². The zero-order valence-corrected chi connectivity index (χ0v) is 17.2. The van der Waals surface area contributed by atoms with Gasteiger partial charge >= 0.3 is 5.92 Å². The molecule has 1 atom stereocenters. The third kappa shape index (κ3) is 3.75. The second-order valence-electron chi connectivity index (χ2n) is 8.38. The molecule has 4 heterocycles. The number of halogens is 2. The van der Waals surface area contributed by atoms with Crippen molar-refractivity contribution >= 4 is 22.9 Å². The highest BCUT2D eigenvalue weighted by Crippen LogP contribution is 2.35. The van der Waals surface area contributed by atoms with Gasteiger partial charge in [0.15, 0.2) is 11.5 Å². The summed E-state index contributed by atoms with van der Waals surface area (Å²) >= 11 is 0. The van der Waals surface area contributed by atoms with Crippen LogP contribution in [0.5, 0.6) is 0 Å². The minimum Gasteiger partial charge on any atom is -0.356 e. The van der Waals surface area contributed by atoms with Crippen LogP contribution in [0.15, 0.2) is 42.5 Å². The molecular weight excluding hydrogens is 400 g/mol. The fraction of sp³-hybridized carbons (Fsp3) is 0.435. The average molecular weight is 425 g/mol. The number of carbonyl (C=O) groups is 1. The summed E-state index contributed by atoms with van der Waals surface area (Å²) in [5.41, 5.74) is 0.612. The van der Waals surface area contributed by atoms with Gasteiger partial charge in [-0.05, 0) is 37.8 Å². The Bertz CT molecular complexity index is 1080. The lowest BCUT2D eigenvalue weighted by Gasteiger charge is -2.34. The second-order valence-corrected chi connectivity index (χ2v) is 8.38. The van der Waals surface area contributed by atoms with Crippen LogP contribution in [0.4, 0.5) is 14.6 Å². The number of benzene rings is 1. The number of imidazole rings is 1. The van der Waals surface area contributed by atoms with Crippen molar-refractivity contribution < 1.29 is 13.6 Å². The Balaban J connectivity index is 1.38. The number of hydrogen-bond acceptors (Lipinski definition) is 4. The van der Waals surface area contributed by atoms with Gasteiger partial charge < -0.3 is 14.8 Å². The highest BCUT2D eigenvalue weighted by atomic mass is 19.3. The first-order chi connectivity index (χ1) is 15.0. The molecule has 0 aliphatic carbocycles. The number of amides is 1. The molecule has 0 saturated carbocycles. The summed E-state index contributed by atoms with van der Waals surface area (Å²) < 4.78 is 29.8. The Morgan fingerprint density at radius 2 is 1.77 bits per heavy atom. The van der Waals surface area contributed by atoms with Crippen LogP contribution in [0.2, 0.25) is 0 Å². The number of hydrogen-bond donors (Lipinski definition) is 1. The van der Waals surface area contributed by atoms with Crippen molar-refractivity contribution in [3.8, 4) is 0 Å². The SMILES string of the molecule is O=C(C1CCCN(c2ccc3nc(C(F)(F)c4ccccc4)[nH]c3n2)C1)N1CCCC1. The van der Waals surface area contributed by atoms with Gasteiger partial charge in [0.2, 0.25) is 5.91 Å². The summed E-state index contributed by atoms with van der Waals surface area (Å²) in [4.78, 5) is 28.2. The highest BCUT2D eigenvalue weighted by molar-refractivity contribution is 5.80. The Kier molecular flexibility index (Phi) is 5.08. The third-order valence-electron chi connectivity index (χ3n) is 6.27. The summed E-state index contributed by atoms with van der Waals surface area (Å²) in [5.74, 6) is -2.78. The number of alkyl halides is 2. The van der Waals surface area contributed by atoms with E-state index in [0.29, 0.717) is 23.5 Å². The zero-order valence-electron chi connectivity index (χ0n) is 17.2. The molecule has 0 radical (unpaired) electrons. The minimum atomic E-state index is -3.24. The zero-order chi connectivity index (χ0) is 21.4. The molecule has 5 rings (SSSR count). The number of pyridine rings is 1. The molecule has 31 heavy (non-hydrogen) atoms. The Labute approximate surface area is 179 Å². The van der Waals surface area contributed by atoms with E-state index in [2.05, 4.69) is 19.9 Å². The van der Waals surface area contributed by atoms with Crippen molar-refractivity contribution in [3.05, 3.63) is 53.9 Å². The van der Waals surface area contributed by atoms with Crippen molar-refractivity contribution in [1.29, 1.82) is 0 Å². The summed E-state index contributed by atoms with van der Waals surface area (Å²) in [6, 6.07) is 11.2. The number of likely N-dealkylation sites (tertiary alicyclic amines) is 1. The Hall–Kier alpha value is -3.03. The third-order valence-corrected chi connectivity index (χ3v) is 6.27. The van der Waals surface area contributed by atoms with Gasteiger partial charge in [-0.15, -0.1) is 0 Å². The van der Waals surface area contributed by atoms with Crippen molar-refractivity contribution in [2.24, 2.45) is 5.92 Å². The van der Waals surface area contributed by atoms with E-state index in [1.807, 2.05) is 4.90 Å². The lowest BCUT2D eigenvalue weighted by molar-refractivity contribution is -0.134. The maximum Gasteiger partial charge on any atom is 0.329 e. The van der Waals surface area contributed by atoms with Gasteiger partial charge in [-0.1, -0.05) is 30.3 Å². The molecule has 0 bridgehead atoms. The van der Waals surface area contributed by atoms with Crippen molar-refractivity contribution in [2.45, 2.75) is 31.6 Å². The molecule has 1 aromatic carbocycles. The second kappa shape index (κ2) is 7.90. The number of piperidine rings is 1. The predicted octanol–water partition coefficient (Wildman–Crippen LogP) is 3.94. The Morgan fingerprint density at radius 3 is 2.55 bits per heavy atom. The first-order valence-corrected chi connectivity index (χ1v) is 10.9. The van der Waals surface area contributed by atoms with E-state index in [1.165, 1.54) is 12.1 Å². The number of nitrogens with zero attached hydrogens (tertiary/aromatic N) is 4. The largest absolute Gasteiger partial charge is 0.356 e. The van der Waals surface area contributed by atoms with Gasteiger partial charge in [0.1, 0.15) is 11.3 Å². The van der Waals surface area contributed by atoms with Crippen LogP contribution in [-0.2, 0) is 10.7 Å². The molecule has 1 unspecified atom stereocenters. The van der Waals surface area contributed by atoms with Gasteiger partial charge in [0.05, 0.1) is 5.92 Å². The maximum atomic E-state index is 14.9. The van der Waals surface area contributed by atoms with Crippen molar-refractivity contribution in [3.63, 3.8) is 0 Å². The van der Waals surface area contributed by atoms with Crippen LogP contribution in [0.25, 0.3) is 11.2 Å². The minimum absolute atomic E-state index is 0.0379. The molecule has 3 aromatic rings. The number of rotatable bonds is 4. The summed E-state index contributed by atoms with van der Waals surface area (Å²) in [6.45, 7) is 3.11. The number of nitrogens with one attached hydrogen (secondary N) is 1. The Morgan fingerprint density at radius 1 is 1.00 bits per heavy atom. The average Bonchev–Trinajstić information content (AvgIpc) is 3.49. The smallest absolute Gasteiger partial charge is 0.329 e. The van der Waals surface area contributed by atoms with Crippen molar-refractivity contribution in [2.75, 3.05) is 31.1 Å². The summed E-state index contributed by atoms with van der Waals surface area (Å²) in [5, 5.41) is 0. The standard InChI is InChI=1S/C23H25F2N5O/c24-23(25,17-8-2-1-3-9-17)22-26-18-10-11-19(27-20(18)28-22)30-14-6-7-16(15-30)21(31)29-12-4-5-13-29/h1-3,8-11,16H,4-7,12-15H2,(H,26,27,28). The molecule has 162 valence electrons. The van der Waals surface area contributed by atoms with Crippen LogP contribution in [-0.4, -0.2) is 51.9 Å². The van der Waals surface area contributed by atoms with E-state index >= 15 is 0 Å². The molecule has 1 N–H and O–H groups in total. The van der Waals surface area contributed by atoms with E-state index in [4.69, 9.17) is 0 Å². The number of H-pyrrole nitrogens is 1. The first kappa shape index (κ1) is 19.9. The van der Waals surface area contributed by atoms with Gasteiger partial charge in [-0.2, -0.15) is 8.78 Å². The van der Waals surface area contributed by atoms with E-state index in [-0.39, 0.29) is 17.4 Å². The van der Waals surface area contributed by atoms with E-state index in [9.17, 15) is 13.6 Å². The van der Waals surface area contributed by atoms with Gasteiger partial charge in [0.25, 0.3) is 0 Å². The summed E-state index contributed by atoms with van der Waals surface area (Å²) in [6.07, 6.45) is 3.95. The lowest BCUT2D eigenvalue weighted by Crippen LogP contribution is -2.44. The molecule has 8 heteroatoms. The normalized spacial score (nSPS) is 19.9. The van der Waals surface area contributed by atoms with Crippen LogP contribution in [0.3, 0.4) is 0 Å². The van der Waals surface area contributed by atoms with E-state index in [0.717, 1.165) is 45.3 Å². The first-order valence-electron chi connectivity index (χ1n) is 10.9. The molecule has 2 aromatic heterocycles. The maximum absolute atomic E-state index is 14.9. The summed E-state index contributed by atoms with van der Waals surface area (Å²) in [7, 11) is 0. The fourth-order valence-corrected chi connectivity index (χ4v) is 4.58. The molecule has 0 spiro atoms. The monoisotopic (exact) mass is 425 g/mol. The van der Waals surface area contributed by atoms with E-state index < -0.39 is 11.7 Å². The van der Waals surface area contributed by atoms with Crippen LogP contribution in [0, 0.1) is 5.92 Å². The quantitative estimate of drug-likeness (QED) is 0.688. The molecule has 2 saturated heterocycles. The van der Waals surface area contributed by atoms with Gasteiger partial charge in [-0.3, -0.25) is 4.79 Å². The van der Waals surface area contributed by atoms with Crippen LogP contribution in [0.1, 0.15) is 37.1 Å².